The summed E-state index contributed by atoms with van der Waals surface area (Å²) in [5, 5.41) is 15.3. The summed E-state index contributed by atoms with van der Waals surface area (Å²) < 4.78 is 39.0. The van der Waals surface area contributed by atoms with E-state index in [1.165, 1.54) is 0 Å². The topological polar surface area (TPSA) is 220 Å². The number of carbonyl (C=O) groups is 4. The molecule has 4 amide bonds. The van der Waals surface area contributed by atoms with Gasteiger partial charge in [0.05, 0.1) is 44.8 Å². The van der Waals surface area contributed by atoms with Crippen LogP contribution in [0.15, 0.2) is 243 Å². The van der Waals surface area contributed by atoms with E-state index in [9.17, 15) is 36.4 Å². The molecule has 14 aromatic rings. The van der Waals surface area contributed by atoms with E-state index in [1.807, 2.05) is 198 Å². The largest absolute Gasteiger partial charge is 1.00 e. The number of amides is 4. The van der Waals surface area contributed by atoms with E-state index in [-0.39, 0.29) is 40.7 Å². The fourth-order valence-corrected chi connectivity index (χ4v) is 10.6. The Labute approximate surface area is 569 Å². The number of pyridine rings is 8. The summed E-state index contributed by atoms with van der Waals surface area (Å²) in [6.45, 7) is 7.52. The van der Waals surface area contributed by atoms with Gasteiger partial charge in [-0.05, 0) is 149 Å². The number of aryl methyl sites for hydroxylation is 4. The average molecular weight is 1350 g/mol. The number of fused-ring (bicyclic) bond motifs is 6. The van der Waals surface area contributed by atoms with E-state index in [2.05, 4.69) is 41.2 Å². The molecule has 0 spiro atoms. The minimum Gasteiger partial charge on any atom is -0.418 e. The van der Waals surface area contributed by atoms with Crippen LogP contribution in [0.5, 0.6) is 0 Å². The second-order valence-corrected chi connectivity index (χ2v) is 22.5. The van der Waals surface area contributed by atoms with E-state index in [4.69, 9.17) is 19.9 Å². The molecule has 6 aromatic carbocycles. The van der Waals surface area contributed by atoms with Crippen LogP contribution in [0.2, 0.25) is 0 Å². The number of carbonyl (C=O) groups excluding carboxylic acids is 4. The molecule has 14 rings (SSSR count). The summed E-state index contributed by atoms with van der Waals surface area (Å²) in [6, 6.07) is 75.6. The maximum Gasteiger partial charge on any atom is 1.00 e. The zero-order valence-corrected chi connectivity index (χ0v) is 53.6. The third-order valence-electron chi connectivity index (χ3n) is 15.3. The van der Waals surface area contributed by atoms with Gasteiger partial charge >= 0.3 is 24.3 Å². The van der Waals surface area contributed by atoms with Crippen LogP contribution in [0.3, 0.4) is 0 Å². The first-order valence-corrected chi connectivity index (χ1v) is 30.5. The fraction of sp³-hybridized carbons (Fsp3) is 0.0526. The summed E-state index contributed by atoms with van der Waals surface area (Å²) in [7, 11) is -6.00. The standard InChI is InChI=1S/2C38H28N6O2.BF4.Cu/c2*1-23-5-3-7-33(39-23)43-37(45)29-15-9-25(10-16-29)31-21-19-27-13-14-28-20-22-32(42-36(28)35(27)41-31)26-11-17-30(18-12-26)38(46)44-34-8-4-6-24(2)40-34;2-1(3,4)5;/h2*3-22H,1-2H3,(H,39,43,45)(H,40,44,46);;/q;;-1;+1. The summed E-state index contributed by atoms with van der Waals surface area (Å²) in [5.41, 5.74) is 15.2. The third kappa shape index (κ3) is 16.6. The Balaban J connectivity index is 0.000000184. The van der Waals surface area contributed by atoms with Crippen molar-refractivity contribution in [1.82, 2.24) is 39.9 Å². The molecule has 0 radical (unpaired) electrons. The van der Waals surface area contributed by atoms with Crippen molar-refractivity contribution >= 4 is 97.8 Å². The summed E-state index contributed by atoms with van der Waals surface area (Å²) in [4.78, 5) is 88.6. The zero-order valence-electron chi connectivity index (χ0n) is 52.7. The van der Waals surface area contributed by atoms with E-state index < -0.39 is 7.25 Å². The van der Waals surface area contributed by atoms with E-state index in [1.54, 1.807) is 72.8 Å². The zero-order chi connectivity index (χ0) is 67.7. The van der Waals surface area contributed by atoms with Crippen molar-refractivity contribution in [1.29, 1.82) is 0 Å². The van der Waals surface area contributed by atoms with Crippen LogP contribution in [0.4, 0.5) is 40.5 Å². The fourth-order valence-electron chi connectivity index (χ4n) is 10.6. The van der Waals surface area contributed by atoms with Crippen molar-refractivity contribution in [3.8, 4) is 45.0 Å². The van der Waals surface area contributed by atoms with E-state index in [0.29, 0.717) is 45.5 Å². The maximum atomic E-state index is 12.8. The van der Waals surface area contributed by atoms with Crippen molar-refractivity contribution in [2.75, 3.05) is 21.3 Å². The second-order valence-electron chi connectivity index (χ2n) is 22.5. The van der Waals surface area contributed by atoms with E-state index >= 15 is 0 Å². The molecule has 0 aliphatic carbocycles. The van der Waals surface area contributed by atoms with E-state index in [0.717, 1.165) is 111 Å². The second kappa shape index (κ2) is 29.6. The summed E-state index contributed by atoms with van der Waals surface area (Å²) in [6.07, 6.45) is 0. The van der Waals surface area contributed by atoms with Crippen LogP contribution in [0.1, 0.15) is 64.2 Å². The molecule has 0 saturated carbocycles. The number of benzene rings is 6. The van der Waals surface area contributed by atoms with Gasteiger partial charge in [0.15, 0.2) is 0 Å². The van der Waals surface area contributed by atoms with Crippen molar-refractivity contribution in [2.45, 2.75) is 27.7 Å². The molecule has 8 aromatic heterocycles. The molecule has 98 heavy (non-hydrogen) atoms. The number of nitrogens with zero attached hydrogens (tertiary/aromatic N) is 8. The third-order valence-corrected chi connectivity index (χ3v) is 15.3. The number of halogens is 4. The molecule has 0 atom stereocenters. The first kappa shape index (κ1) is 67.2. The van der Waals surface area contributed by atoms with Crippen LogP contribution < -0.4 is 21.3 Å². The molecule has 16 nitrogen and oxygen atoms in total. The van der Waals surface area contributed by atoms with Crippen LogP contribution in [0, 0.1) is 27.7 Å². The van der Waals surface area contributed by atoms with Gasteiger partial charge in [0.1, 0.15) is 23.3 Å². The van der Waals surface area contributed by atoms with Crippen molar-refractivity contribution < 1.29 is 53.5 Å². The average Bonchev–Trinajstić information content (AvgIpc) is 0.776. The van der Waals surface area contributed by atoms with Crippen molar-refractivity contribution in [2.24, 2.45) is 0 Å². The van der Waals surface area contributed by atoms with Gasteiger partial charge in [-0.3, -0.25) is 19.2 Å². The van der Waals surface area contributed by atoms with Crippen LogP contribution in [0.25, 0.3) is 88.6 Å². The Morgan fingerprint density at radius 1 is 0.265 bits per heavy atom. The molecule has 0 unspecified atom stereocenters. The predicted octanol–water partition coefficient (Wildman–Crippen LogP) is 17.4. The van der Waals surface area contributed by atoms with Gasteiger partial charge in [0.25, 0.3) is 23.6 Å². The SMILES string of the molecule is Cc1cccc(NC(=O)c2ccc(-c3ccc4ccc5ccc(-c6ccc(C(=O)Nc7cccc(C)n7)cc6)nc5c4n3)cc2)n1.Cc1cccc(NC(=O)c2ccc(-c3ccc4ccc5ccc(-c6ccc(C(=O)Nc7cccc(C)n7)cc6)nc5c4n3)cc2)n1.F[B-](F)(F)F.[Cu+]. The quantitative estimate of drug-likeness (QED) is 0.0510. The smallest absolute Gasteiger partial charge is 0.418 e. The number of nitrogens with one attached hydrogen (secondary N) is 4. The minimum atomic E-state index is -6.00. The summed E-state index contributed by atoms with van der Waals surface area (Å²) in [5.74, 6) is 1.16. The Kier molecular flexibility index (Phi) is 20.3. The Morgan fingerprint density at radius 3 is 0.633 bits per heavy atom. The van der Waals surface area contributed by atoms with Crippen LogP contribution in [-0.2, 0) is 17.1 Å². The number of anilines is 4. The minimum absolute atomic E-state index is 0. The molecule has 22 heteroatoms. The van der Waals surface area contributed by atoms with Gasteiger partial charge in [-0.1, -0.05) is 121 Å². The number of aromatic nitrogens is 8. The van der Waals surface area contributed by atoms with Gasteiger partial charge < -0.3 is 38.5 Å². The molecule has 8 heterocycles. The van der Waals surface area contributed by atoms with Gasteiger partial charge in [-0.15, -0.1) is 0 Å². The number of rotatable bonds is 12. The summed E-state index contributed by atoms with van der Waals surface area (Å²) >= 11 is 0. The molecule has 0 fully saturated rings. The molecular weight excluding hydrogens is 1300 g/mol. The molecule has 0 aliphatic heterocycles. The van der Waals surface area contributed by atoms with Gasteiger partial charge in [-0.25, -0.2) is 39.9 Å². The normalized spacial score (nSPS) is 10.9. The van der Waals surface area contributed by atoms with Crippen molar-refractivity contribution in [3.05, 3.63) is 288 Å². The Morgan fingerprint density at radius 2 is 0.449 bits per heavy atom. The first-order valence-electron chi connectivity index (χ1n) is 30.5. The number of hydrogen-bond donors (Lipinski definition) is 4. The first-order chi connectivity index (χ1) is 46.8. The Bertz CT molecular complexity index is 4670. The van der Waals surface area contributed by atoms with Crippen molar-refractivity contribution in [3.63, 3.8) is 0 Å². The Hall–Kier alpha value is -12.3. The maximum absolute atomic E-state index is 12.8. The molecule has 0 saturated heterocycles. The van der Waals surface area contributed by atoms with Gasteiger partial charge in [0.2, 0.25) is 0 Å². The molecule has 486 valence electrons. The van der Waals surface area contributed by atoms with Crippen LogP contribution in [-0.4, -0.2) is 70.8 Å². The molecular formula is C76H56BCuF4N12O4. The molecule has 0 aliphatic rings. The monoisotopic (exact) mass is 1350 g/mol. The number of hydrogen-bond acceptors (Lipinski definition) is 12. The van der Waals surface area contributed by atoms with Gasteiger partial charge in [-0.2, -0.15) is 0 Å². The molecule has 0 bridgehead atoms. The predicted molar refractivity (Wildman–Crippen MR) is 374 cm³/mol. The van der Waals surface area contributed by atoms with Gasteiger partial charge in [0, 0.05) is 88.8 Å². The van der Waals surface area contributed by atoms with Crippen LogP contribution >= 0.6 is 0 Å². The molecule has 4 N–H and O–H groups in total.